The van der Waals surface area contributed by atoms with Gasteiger partial charge in [0.1, 0.15) is 0 Å². The maximum atomic E-state index is 11.4. The molecule has 3 saturated carbocycles. The van der Waals surface area contributed by atoms with Gasteiger partial charge in [-0.15, -0.1) is 0 Å². The third kappa shape index (κ3) is 1.44. The topological polar surface area (TPSA) is 66.6 Å². The van der Waals surface area contributed by atoms with Gasteiger partial charge in [0, 0.05) is 37.3 Å². The second-order valence-electron chi connectivity index (χ2n) is 5.77. The molecule has 0 aromatic rings. The van der Waals surface area contributed by atoms with Crippen LogP contribution < -0.4 is 5.73 Å². The van der Waals surface area contributed by atoms with Crippen molar-refractivity contribution in [3.8, 4) is 0 Å². The highest BCUT2D eigenvalue weighted by atomic mass is 32.2. The quantitative estimate of drug-likeness (QED) is 0.691. The Morgan fingerprint density at radius 1 is 1.06 bits per heavy atom. The van der Waals surface area contributed by atoms with E-state index in [0.717, 1.165) is 32.4 Å². The molecule has 2 N–H and O–H groups in total. The smallest absolute Gasteiger partial charge is 0.211 e. The summed E-state index contributed by atoms with van der Waals surface area (Å²) in [6, 6.07) is 0. The molecule has 1 saturated heterocycles. The molecule has 0 aromatic carbocycles. The third-order valence-electron chi connectivity index (χ3n) is 4.42. The van der Waals surface area contributed by atoms with Gasteiger partial charge in [-0.3, -0.25) is 4.90 Å². The van der Waals surface area contributed by atoms with Crippen molar-refractivity contribution in [3.05, 3.63) is 0 Å². The van der Waals surface area contributed by atoms with Crippen LogP contribution in [0, 0.1) is 0 Å². The van der Waals surface area contributed by atoms with Crippen molar-refractivity contribution in [1.82, 2.24) is 9.21 Å². The summed E-state index contributed by atoms with van der Waals surface area (Å²) < 4.78 is 24.3. The van der Waals surface area contributed by atoms with Gasteiger partial charge >= 0.3 is 0 Å². The number of hydrogen-bond acceptors (Lipinski definition) is 4. The summed E-state index contributed by atoms with van der Waals surface area (Å²) in [7, 11) is -3.00. The van der Waals surface area contributed by atoms with Crippen molar-refractivity contribution < 1.29 is 8.42 Å². The molecule has 5 nitrogen and oxygen atoms in total. The molecule has 2 bridgehead atoms. The zero-order chi connectivity index (χ0) is 11.6. The van der Waals surface area contributed by atoms with Crippen molar-refractivity contribution in [1.29, 1.82) is 0 Å². The molecule has 0 amide bonds. The van der Waals surface area contributed by atoms with Crippen LogP contribution in [0.5, 0.6) is 0 Å². The number of nitrogens with two attached hydrogens (primary N) is 1. The molecule has 0 unspecified atom stereocenters. The van der Waals surface area contributed by atoms with E-state index < -0.39 is 10.0 Å². The van der Waals surface area contributed by atoms with E-state index in [2.05, 4.69) is 4.90 Å². The zero-order valence-corrected chi connectivity index (χ0v) is 10.5. The third-order valence-corrected chi connectivity index (χ3v) is 5.73. The second kappa shape index (κ2) is 2.98. The fourth-order valence-corrected chi connectivity index (χ4v) is 4.47. The van der Waals surface area contributed by atoms with Gasteiger partial charge in [-0.05, 0) is 19.3 Å². The van der Waals surface area contributed by atoms with Gasteiger partial charge in [0.05, 0.1) is 6.26 Å². The van der Waals surface area contributed by atoms with E-state index in [1.54, 1.807) is 4.31 Å². The van der Waals surface area contributed by atoms with E-state index in [1.165, 1.54) is 6.26 Å². The Bertz CT molecular complexity index is 392. The molecule has 92 valence electrons. The largest absolute Gasteiger partial charge is 0.325 e. The molecule has 4 aliphatic rings. The summed E-state index contributed by atoms with van der Waals surface area (Å²) in [6.45, 7) is 3.00. The second-order valence-corrected chi connectivity index (χ2v) is 7.75. The minimum atomic E-state index is -3.00. The van der Waals surface area contributed by atoms with Crippen molar-refractivity contribution in [2.24, 2.45) is 5.73 Å². The molecule has 0 radical (unpaired) electrons. The summed E-state index contributed by atoms with van der Waals surface area (Å²) >= 11 is 0. The number of nitrogens with zero attached hydrogens (tertiary/aromatic N) is 2. The fourth-order valence-electron chi connectivity index (χ4n) is 3.64. The summed E-state index contributed by atoms with van der Waals surface area (Å²) in [6.07, 6.45) is 4.62. The zero-order valence-electron chi connectivity index (χ0n) is 9.65. The van der Waals surface area contributed by atoms with E-state index in [1.807, 2.05) is 0 Å². The van der Waals surface area contributed by atoms with Gasteiger partial charge in [-0.2, -0.15) is 4.31 Å². The van der Waals surface area contributed by atoms with Gasteiger partial charge in [0.25, 0.3) is 0 Å². The predicted molar refractivity (Wildman–Crippen MR) is 61.5 cm³/mol. The van der Waals surface area contributed by atoms with Gasteiger partial charge in [-0.25, -0.2) is 8.42 Å². The van der Waals surface area contributed by atoms with Crippen molar-refractivity contribution in [3.63, 3.8) is 0 Å². The number of piperazine rings is 1. The van der Waals surface area contributed by atoms with E-state index in [9.17, 15) is 8.42 Å². The Kier molecular flexibility index (Phi) is 2.04. The minimum absolute atomic E-state index is 0.133. The molecular formula is C10H19N3O2S. The first-order chi connectivity index (χ1) is 7.33. The molecule has 4 rings (SSSR count). The van der Waals surface area contributed by atoms with Crippen LogP contribution in [0.1, 0.15) is 19.3 Å². The Morgan fingerprint density at radius 2 is 1.56 bits per heavy atom. The molecule has 16 heavy (non-hydrogen) atoms. The van der Waals surface area contributed by atoms with Gasteiger partial charge in [0.2, 0.25) is 10.0 Å². The fraction of sp³-hybridized carbons (Fsp3) is 1.00. The molecule has 4 fully saturated rings. The number of hydrogen-bond donors (Lipinski definition) is 1. The van der Waals surface area contributed by atoms with Crippen LogP contribution in [0.2, 0.25) is 0 Å². The highest BCUT2D eigenvalue weighted by molar-refractivity contribution is 7.88. The van der Waals surface area contributed by atoms with Gasteiger partial charge in [0.15, 0.2) is 0 Å². The Labute approximate surface area is 96.6 Å². The number of rotatable bonds is 2. The standard InChI is InChI=1S/C10H19N3O2S/c1-16(14,15)13-4-2-12(3-5-13)10-6-9(11,7-10)8-10/h2-8,11H2,1H3. The van der Waals surface area contributed by atoms with Crippen LogP contribution in [-0.4, -0.2) is 61.1 Å². The SMILES string of the molecule is CS(=O)(=O)N1CCN(C23CC(N)(C2)C3)CC1. The van der Waals surface area contributed by atoms with Crippen LogP contribution in [0.4, 0.5) is 0 Å². The Hall–Kier alpha value is -0.170. The van der Waals surface area contributed by atoms with Crippen LogP contribution in [0.3, 0.4) is 0 Å². The minimum Gasteiger partial charge on any atom is -0.325 e. The lowest BCUT2D eigenvalue weighted by atomic mass is 9.44. The van der Waals surface area contributed by atoms with E-state index in [-0.39, 0.29) is 5.54 Å². The molecular weight excluding hydrogens is 226 g/mol. The van der Waals surface area contributed by atoms with Gasteiger partial charge < -0.3 is 5.73 Å². The van der Waals surface area contributed by atoms with E-state index in [4.69, 9.17) is 5.73 Å². The monoisotopic (exact) mass is 245 g/mol. The van der Waals surface area contributed by atoms with Crippen molar-refractivity contribution >= 4 is 10.0 Å². The highest BCUT2D eigenvalue weighted by Gasteiger charge is 2.68. The average Bonchev–Trinajstić information content (AvgIpc) is 2.10. The molecule has 3 aliphatic carbocycles. The van der Waals surface area contributed by atoms with E-state index >= 15 is 0 Å². The summed E-state index contributed by atoms with van der Waals surface area (Å²) in [5.41, 5.74) is 6.52. The first-order valence-corrected chi connectivity index (χ1v) is 7.67. The van der Waals surface area contributed by atoms with Crippen molar-refractivity contribution in [2.75, 3.05) is 32.4 Å². The Morgan fingerprint density at radius 3 is 1.94 bits per heavy atom. The molecule has 0 aromatic heterocycles. The molecule has 0 atom stereocenters. The van der Waals surface area contributed by atoms with Crippen LogP contribution in [0.15, 0.2) is 0 Å². The maximum absolute atomic E-state index is 11.4. The van der Waals surface area contributed by atoms with Crippen LogP contribution in [-0.2, 0) is 10.0 Å². The van der Waals surface area contributed by atoms with Gasteiger partial charge in [-0.1, -0.05) is 0 Å². The predicted octanol–water partition coefficient (Wildman–Crippen LogP) is -0.803. The lowest BCUT2D eigenvalue weighted by Crippen LogP contribution is -2.83. The van der Waals surface area contributed by atoms with Crippen LogP contribution >= 0.6 is 0 Å². The molecule has 6 heteroatoms. The average molecular weight is 245 g/mol. The molecule has 1 heterocycles. The maximum Gasteiger partial charge on any atom is 0.211 e. The lowest BCUT2D eigenvalue weighted by molar-refractivity contribution is -0.168. The summed E-state index contributed by atoms with van der Waals surface area (Å²) in [5.74, 6) is 0. The van der Waals surface area contributed by atoms with Crippen molar-refractivity contribution in [2.45, 2.75) is 30.3 Å². The van der Waals surface area contributed by atoms with Crippen LogP contribution in [0.25, 0.3) is 0 Å². The normalized spacial score (nSPS) is 44.9. The number of sulfonamides is 1. The first kappa shape index (κ1) is 11.0. The summed E-state index contributed by atoms with van der Waals surface area (Å²) in [5, 5.41) is 0. The Balaban J connectivity index is 1.60. The first-order valence-electron chi connectivity index (χ1n) is 5.82. The molecule has 1 aliphatic heterocycles. The molecule has 0 spiro atoms. The summed E-state index contributed by atoms with van der Waals surface area (Å²) in [4.78, 5) is 2.45. The van der Waals surface area contributed by atoms with E-state index in [0.29, 0.717) is 18.6 Å². The lowest BCUT2D eigenvalue weighted by Gasteiger charge is -2.73. The highest BCUT2D eigenvalue weighted by Crippen LogP contribution is 2.62.